The third kappa shape index (κ3) is 10.4. The van der Waals surface area contributed by atoms with Gasteiger partial charge in [0.05, 0.1) is 37.1 Å². The highest BCUT2D eigenvalue weighted by molar-refractivity contribution is 6.74. The Bertz CT molecular complexity index is 1120. The third-order valence-corrected chi connectivity index (χ3v) is 14.1. The Morgan fingerprint density at radius 2 is 1.89 bits per heavy atom. The van der Waals surface area contributed by atoms with Crippen LogP contribution in [0.2, 0.25) is 18.1 Å². The summed E-state index contributed by atoms with van der Waals surface area (Å²) in [7, 11) is -2.27. The molecule has 8 heteroatoms. The van der Waals surface area contributed by atoms with E-state index in [-0.39, 0.29) is 35.6 Å². The Balaban J connectivity index is 1.59. The number of aliphatic hydroxyl groups excluding tert-OH is 1. The number of carbonyl (C=O) groups is 1. The van der Waals surface area contributed by atoms with E-state index in [1.54, 1.807) is 0 Å². The average Bonchev–Trinajstić information content (AvgIpc) is 3.69. The number of rotatable bonds is 5. The molecule has 1 fully saturated rings. The van der Waals surface area contributed by atoms with E-state index >= 15 is 0 Å². The number of aliphatic hydroxyl groups is 1. The summed E-state index contributed by atoms with van der Waals surface area (Å²) in [6, 6.07) is 0. The fourth-order valence-corrected chi connectivity index (χ4v) is 7.34. The van der Waals surface area contributed by atoms with Crippen molar-refractivity contribution < 1.29 is 33.3 Å². The molecule has 0 aromatic carbocycles. The maximum Gasteiger partial charge on any atom is 0.330 e. The van der Waals surface area contributed by atoms with Gasteiger partial charge in [-0.2, -0.15) is 0 Å². The van der Waals surface area contributed by atoms with E-state index in [0.717, 1.165) is 31.3 Å². The molecule has 0 aliphatic carbocycles. The van der Waals surface area contributed by atoms with Gasteiger partial charge in [0.25, 0.3) is 0 Å². The fraction of sp³-hybridized carbons (Fsp3) is 0.694. The molecule has 0 amide bonds. The van der Waals surface area contributed by atoms with Gasteiger partial charge >= 0.3 is 5.97 Å². The largest absolute Gasteiger partial charge is 0.456 e. The first-order valence-corrected chi connectivity index (χ1v) is 19.4. The van der Waals surface area contributed by atoms with Crippen molar-refractivity contribution in [1.82, 2.24) is 0 Å². The van der Waals surface area contributed by atoms with Crippen molar-refractivity contribution in [3.8, 4) is 0 Å². The van der Waals surface area contributed by atoms with Gasteiger partial charge in [-0.05, 0) is 69.5 Å². The van der Waals surface area contributed by atoms with Gasteiger partial charge < -0.3 is 28.5 Å². The van der Waals surface area contributed by atoms with E-state index in [1.807, 2.05) is 12.2 Å². The summed E-state index contributed by atoms with van der Waals surface area (Å²) in [6.07, 6.45) is 16.5. The Kier molecular flexibility index (Phi) is 12.1. The minimum absolute atomic E-state index is 0.0448. The summed E-state index contributed by atoms with van der Waals surface area (Å²) in [5.74, 6) is -0.0267. The molecule has 0 saturated carbocycles. The lowest BCUT2D eigenvalue weighted by Crippen LogP contribution is -2.47. The van der Waals surface area contributed by atoms with Gasteiger partial charge in [-0.25, -0.2) is 4.79 Å². The predicted octanol–water partition coefficient (Wildman–Crippen LogP) is 7.13. The molecule has 2 bridgehead atoms. The molecule has 9 atom stereocenters. The SMILES string of the molecule is C=C1CC(C)CC2CC=CC(C/C=C\C(=O)OC(C(C=CC3CC(C)=CCO3)O[Si](C)(C)C(C)(C)C)CC3OC3C(O)C1)O2. The molecule has 4 aliphatic rings. The Labute approximate surface area is 266 Å². The highest BCUT2D eigenvalue weighted by atomic mass is 28.4. The van der Waals surface area contributed by atoms with E-state index in [9.17, 15) is 9.90 Å². The second-order valence-corrected chi connectivity index (χ2v) is 19.6. The zero-order valence-corrected chi connectivity index (χ0v) is 29.0. The molecule has 0 radical (unpaired) electrons. The van der Waals surface area contributed by atoms with Crippen molar-refractivity contribution in [3.63, 3.8) is 0 Å². The molecule has 0 aromatic heterocycles. The molecule has 0 aromatic rings. The first kappa shape index (κ1) is 35.0. The number of cyclic esters (lactones) is 1. The zero-order valence-electron chi connectivity index (χ0n) is 28.0. The van der Waals surface area contributed by atoms with Crippen molar-refractivity contribution in [1.29, 1.82) is 0 Å². The quantitative estimate of drug-likeness (QED) is 0.150. The molecule has 44 heavy (non-hydrogen) atoms. The number of fused-ring (bicyclic) bond motifs is 3. The highest BCUT2D eigenvalue weighted by Crippen LogP contribution is 2.40. The minimum atomic E-state index is -2.27. The lowest BCUT2D eigenvalue weighted by atomic mass is 9.91. The van der Waals surface area contributed by atoms with Crippen LogP contribution < -0.4 is 0 Å². The van der Waals surface area contributed by atoms with E-state index in [2.05, 4.69) is 78.6 Å². The maximum absolute atomic E-state index is 13.3. The molecule has 246 valence electrons. The molecule has 4 heterocycles. The number of ether oxygens (including phenoxy) is 4. The number of esters is 1. The van der Waals surface area contributed by atoms with E-state index in [4.69, 9.17) is 23.4 Å². The summed E-state index contributed by atoms with van der Waals surface area (Å²) in [6.45, 7) is 20.2. The molecule has 7 nitrogen and oxygen atoms in total. The van der Waals surface area contributed by atoms with Crippen LogP contribution in [0.25, 0.3) is 0 Å². The second kappa shape index (κ2) is 15.2. The zero-order chi connectivity index (χ0) is 32.1. The van der Waals surface area contributed by atoms with Gasteiger partial charge in [0.1, 0.15) is 18.3 Å². The van der Waals surface area contributed by atoms with E-state index < -0.39 is 32.6 Å². The molecule has 4 aliphatic heterocycles. The number of epoxide rings is 1. The fourth-order valence-electron chi connectivity index (χ4n) is 6.07. The average molecular weight is 629 g/mol. The van der Waals surface area contributed by atoms with Gasteiger partial charge in [0.15, 0.2) is 8.32 Å². The van der Waals surface area contributed by atoms with Gasteiger partial charge in [-0.3, -0.25) is 0 Å². The Morgan fingerprint density at radius 3 is 2.61 bits per heavy atom. The topological polar surface area (TPSA) is 86.8 Å². The van der Waals surface area contributed by atoms with Gasteiger partial charge in [0.2, 0.25) is 0 Å². The van der Waals surface area contributed by atoms with Crippen LogP contribution in [-0.4, -0.2) is 74.8 Å². The van der Waals surface area contributed by atoms with Crippen LogP contribution in [-0.2, 0) is 28.2 Å². The third-order valence-electron chi connectivity index (χ3n) is 9.66. The van der Waals surface area contributed by atoms with E-state index in [0.29, 0.717) is 31.8 Å². The van der Waals surface area contributed by atoms with Crippen LogP contribution in [0.3, 0.4) is 0 Å². The van der Waals surface area contributed by atoms with Crippen LogP contribution in [0.1, 0.15) is 79.6 Å². The van der Waals surface area contributed by atoms with Crippen LogP contribution in [0.5, 0.6) is 0 Å². The smallest absolute Gasteiger partial charge is 0.330 e. The molecular weight excluding hydrogens is 572 g/mol. The van der Waals surface area contributed by atoms with Crippen LogP contribution in [0.15, 0.2) is 60.3 Å². The first-order chi connectivity index (χ1) is 20.7. The lowest BCUT2D eigenvalue weighted by molar-refractivity contribution is -0.147. The highest BCUT2D eigenvalue weighted by Gasteiger charge is 2.48. The van der Waals surface area contributed by atoms with Gasteiger partial charge in [-0.1, -0.05) is 81.9 Å². The molecule has 9 unspecified atom stereocenters. The van der Waals surface area contributed by atoms with Crippen molar-refractivity contribution >= 4 is 14.3 Å². The van der Waals surface area contributed by atoms with Crippen LogP contribution >= 0.6 is 0 Å². The van der Waals surface area contributed by atoms with Crippen molar-refractivity contribution in [2.75, 3.05) is 6.61 Å². The van der Waals surface area contributed by atoms with Crippen molar-refractivity contribution in [2.45, 2.75) is 147 Å². The molecule has 4 rings (SSSR count). The number of hydrogen-bond acceptors (Lipinski definition) is 7. The van der Waals surface area contributed by atoms with E-state index in [1.165, 1.54) is 11.6 Å². The standard InChI is InChI=1S/C36H56O7Si/c1-24-17-18-39-28(20-24)15-16-31(43-44(7,8)36(4,5)6)32-23-33-35(42-33)30(37)22-26(3)19-25(2)21-29-13-9-11-27(40-29)12-10-14-34(38)41-32/h9-11,14-17,25,27-33,35,37H,3,12-13,18-23H2,1-2,4-8H3/b14-10-,16-15?. The Hall–Kier alpha value is -1.81. The lowest BCUT2D eigenvalue weighted by Gasteiger charge is -2.40. The second-order valence-electron chi connectivity index (χ2n) is 14.9. The number of carbonyl (C=O) groups excluding carboxylic acids is 1. The van der Waals surface area contributed by atoms with Crippen molar-refractivity contribution in [2.24, 2.45) is 5.92 Å². The van der Waals surface area contributed by atoms with Crippen molar-refractivity contribution in [3.05, 3.63) is 60.3 Å². The summed E-state index contributed by atoms with van der Waals surface area (Å²) in [4.78, 5) is 13.3. The molecule has 0 spiro atoms. The molecular formula is C36H56O7Si. The normalized spacial score (nSPS) is 36.0. The summed E-state index contributed by atoms with van der Waals surface area (Å²) >= 11 is 0. The first-order valence-electron chi connectivity index (χ1n) is 16.5. The molecule has 1 saturated heterocycles. The summed E-state index contributed by atoms with van der Waals surface area (Å²) < 4.78 is 31.4. The molecule has 1 N–H and O–H groups in total. The summed E-state index contributed by atoms with van der Waals surface area (Å²) in [5.41, 5.74) is 2.32. The van der Waals surface area contributed by atoms with Gasteiger partial charge in [-0.15, -0.1) is 0 Å². The summed E-state index contributed by atoms with van der Waals surface area (Å²) in [5, 5.41) is 11.0. The van der Waals surface area contributed by atoms with Crippen LogP contribution in [0.4, 0.5) is 0 Å². The van der Waals surface area contributed by atoms with Gasteiger partial charge in [0, 0.05) is 12.5 Å². The monoisotopic (exact) mass is 628 g/mol. The number of hydrogen-bond donors (Lipinski definition) is 1. The van der Waals surface area contributed by atoms with Crippen LogP contribution in [0, 0.1) is 5.92 Å². The minimum Gasteiger partial charge on any atom is -0.456 e. The predicted molar refractivity (Wildman–Crippen MR) is 177 cm³/mol. The Morgan fingerprint density at radius 1 is 1.11 bits per heavy atom. The maximum atomic E-state index is 13.3.